The molecule has 150 valence electrons. The highest BCUT2D eigenvalue weighted by atomic mass is 32.2. The van der Waals surface area contributed by atoms with Crippen LogP contribution in [0.2, 0.25) is 0 Å². The summed E-state index contributed by atoms with van der Waals surface area (Å²) < 4.78 is 54.3. The van der Waals surface area contributed by atoms with Crippen LogP contribution in [0.1, 0.15) is 58.1 Å². The molecule has 1 N–H and O–H groups in total. The number of rotatable bonds is 9. The lowest BCUT2D eigenvalue weighted by molar-refractivity contribution is -0.0395. The van der Waals surface area contributed by atoms with Gasteiger partial charge in [-0.2, -0.15) is 13.2 Å². The van der Waals surface area contributed by atoms with E-state index < -0.39 is 16.5 Å². The standard InChI is InChI=1S/C19H30F3NO2S/c1-14(2)12-17(18(3,4)5)16-8-6-15(7-9-16)13-25-11-10-23-26(24)19(20,21)22/h6-9,14,17,23H,10-13H2,1-5H3. The zero-order valence-corrected chi connectivity index (χ0v) is 17.0. The summed E-state index contributed by atoms with van der Waals surface area (Å²) in [6.07, 6.45) is 1.11. The summed E-state index contributed by atoms with van der Waals surface area (Å²) in [4.78, 5) is 0. The smallest absolute Gasteiger partial charge is 0.375 e. The van der Waals surface area contributed by atoms with Gasteiger partial charge in [0, 0.05) is 6.54 Å². The predicted octanol–water partition coefficient (Wildman–Crippen LogP) is 5.15. The molecule has 2 unspecified atom stereocenters. The van der Waals surface area contributed by atoms with Crippen molar-refractivity contribution in [2.75, 3.05) is 13.2 Å². The number of nitrogens with one attached hydrogen (secondary N) is 1. The third-order valence-corrected chi connectivity index (χ3v) is 4.98. The molecular formula is C19H30F3NO2S. The van der Waals surface area contributed by atoms with Crippen LogP contribution in [0.25, 0.3) is 0 Å². The highest BCUT2D eigenvalue weighted by molar-refractivity contribution is 7.83. The second-order valence-electron chi connectivity index (χ2n) is 7.95. The van der Waals surface area contributed by atoms with Crippen LogP contribution >= 0.6 is 0 Å². The van der Waals surface area contributed by atoms with E-state index in [0.29, 0.717) is 18.4 Å². The first-order valence-electron chi connectivity index (χ1n) is 8.80. The molecular weight excluding hydrogens is 363 g/mol. The number of benzene rings is 1. The van der Waals surface area contributed by atoms with Gasteiger partial charge < -0.3 is 4.74 Å². The molecule has 0 aromatic heterocycles. The number of hydrogen-bond acceptors (Lipinski definition) is 2. The van der Waals surface area contributed by atoms with Crippen molar-refractivity contribution < 1.29 is 22.1 Å². The monoisotopic (exact) mass is 393 g/mol. The molecule has 0 bridgehead atoms. The van der Waals surface area contributed by atoms with E-state index >= 15 is 0 Å². The minimum atomic E-state index is -4.74. The van der Waals surface area contributed by atoms with Gasteiger partial charge in [0.05, 0.1) is 13.2 Å². The molecule has 1 rings (SSSR count). The normalized spacial score (nSPS) is 15.3. The van der Waals surface area contributed by atoms with Gasteiger partial charge in [0.2, 0.25) is 0 Å². The molecule has 26 heavy (non-hydrogen) atoms. The molecule has 0 saturated heterocycles. The Morgan fingerprint density at radius 3 is 2.15 bits per heavy atom. The first-order chi connectivity index (χ1) is 11.9. The Morgan fingerprint density at radius 1 is 1.12 bits per heavy atom. The lowest BCUT2D eigenvalue weighted by Gasteiger charge is -2.32. The topological polar surface area (TPSA) is 38.3 Å². The van der Waals surface area contributed by atoms with Gasteiger partial charge in [0.25, 0.3) is 0 Å². The van der Waals surface area contributed by atoms with Crippen molar-refractivity contribution in [1.82, 2.24) is 4.72 Å². The van der Waals surface area contributed by atoms with Crippen LogP contribution in [0.5, 0.6) is 0 Å². The molecule has 0 fully saturated rings. The van der Waals surface area contributed by atoms with Gasteiger partial charge in [-0.15, -0.1) is 0 Å². The molecule has 1 aromatic carbocycles. The maximum absolute atomic E-state index is 12.1. The van der Waals surface area contributed by atoms with Crippen molar-refractivity contribution in [2.45, 2.75) is 59.1 Å². The van der Waals surface area contributed by atoms with Gasteiger partial charge >= 0.3 is 5.51 Å². The molecule has 0 radical (unpaired) electrons. The molecule has 0 aliphatic rings. The van der Waals surface area contributed by atoms with E-state index in [4.69, 9.17) is 4.74 Å². The Hall–Kier alpha value is -0.920. The Bertz CT molecular complexity index is 566. The van der Waals surface area contributed by atoms with Crippen LogP contribution in [0.15, 0.2) is 24.3 Å². The zero-order chi connectivity index (χ0) is 20.0. The summed E-state index contributed by atoms with van der Waals surface area (Å²) in [6, 6.07) is 8.20. The zero-order valence-electron chi connectivity index (χ0n) is 16.2. The Morgan fingerprint density at radius 2 is 1.69 bits per heavy atom. The minimum Gasteiger partial charge on any atom is -0.375 e. The summed E-state index contributed by atoms with van der Waals surface area (Å²) in [5, 5.41) is 0. The summed E-state index contributed by atoms with van der Waals surface area (Å²) in [6.45, 7) is 11.4. The molecule has 0 amide bonds. The number of hydrogen-bond donors (Lipinski definition) is 1. The van der Waals surface area contributed by atoms with E-state index in [-0.39, 0.29) is 18.6 Å². The maximum Gasteiger partial charge on any atom is 0.485 e. The van der Waals surface area contributed by atoms with Gasteiger partial charge in [0.15, 0.2) is 11.0 Å². The Labute approximate surface area is 157 Å². The molecule has 2 atom stereocenters. The first kappa shape index (κ1) is 23.1. The van der Waals surface area contributed by atoms with E-state index in [0.717, 1.165) is 12.0 Å². The fourth-order valence-electron chi connectivity index (χ4n) is 2.79. The SMILES string of the molecule is CC(C)CC(c1ccc(COCCNS(=O)C(F)(F)F)cc1)C(C)(C)C. The molecule has 0 spiro atoms. The molecule has 7 heteroatoms. The van der Waals surface area contributed by atoms with Crippen molar-refractivity contribution in [2.24, 2.45) is 11.3 Å². The van der Waals surface area contributed by atoms with Crippen molar-refractivity contribution in [3.8, 4) is 0 Å². The number of halogens is 3. The molecule has 1 aromatic rings. The van der Waals surface area contributed by atoms with Crippen LogP contribution in [0.3, 0.4) is 0 Å². The third kappa shape index (κ3) is 8.18. The van der Waals surface area contributed by atoms with Crippen LogP contribution in [0, 0.1) is 11.3 Å². The van der Waals surface area contributed by atoms with E-state index in [1.807, 2.05) is 16.9 Å². The lowest BCUT2D eigenvalue weighted by Crippen LogP contribution is -2.32. The van der Waals surface area contributed by atoms with Crippen molar-refractivity contribution >= 4 is 11.0 Å². The van der Waals surface area contributed by atoms with E-state index in [9.17, 15) is 17.4 Å². The van der Waals surface area contributed by atoms with Gasteiger partial charge in [-0.25, -0.2) is 8.93 Å². The van der Waals surface area contributed by atoms with E-state index in [1.54, 1.807) is 0 Å². The fraction of sp³-hybridized carbons (Fsp3) is 0.684. The van der Waals surface area contributed by atoms with Gasteiger partial charge in [-0.3, -0.25) is 0 Å². The lowest BCUT2D eigenvalue weighted by atomic mass is 9.72. The van der Waals surface area contributed by atoms with Gasteiger partial charge in [-0.1, -0.05) is 58.9 Å². The second-order valence-corrected chi connectivity index (χ2v) is 9.24. The van der Waals surface area contributed by atoms with Crippen molar-refractivity contribution in [1.29, 1.82) is 0 Å². The Balaban J connectivity index is 2.51. The summed E-state index contributed by atoms with van der Waals surface area (Å²) in [5.41, 5.74) is -2.32. The maximum atomic E-state index is 12.1. The van der Waals surface area contributed by atoms with Crippen LogP contribution in [0.4, 0.5) is 13.2 Å². The summed E-state index contributed by atoms with van der Waals surface area (Å²) in [5.74, 6) is 1.07. The van der Waals surface area contributed by atoms with E-state index in [1.165, 1.54) is 5.56 Å². The van der Waals surface area contributed by atoms with Crippen molar-refractivity contribution in [3.63, 3.8) is 0 Å². The van der Waals surface area contributed by atoms with Crippen LogP contribution < -0.4 is 4.72 Å². The molecule has 0 aliphatic carbocycles. The average Bonchev–Trinajstić information content (AvgIpc) is 2.50. The number of alkyl halides is 3. The largest absolute Gasteiger partial charge is 0.485 e. The van der Waals surface area contributed by atoms with Gasteiger partial charge in [0.1, 0.15) is 0 Å². The second kappa shape index (κ2) is 9.85. The van der Waals surface area contributed by atoms with Gasteiger partial charge in [-0.05, 0) is 34.8 Å². The molecule has 3 nitrogen and oxygen atoms in total. The fourth-order valence-corrected chi connectivity index (χ4v) is 3.22. The van der Waals surface area contributed by atoms with E-state index in [2.05, 4.69) is 46.8 Å². The van der Waals surface area contributed by atoms with Crippen LogP contribution in [-0.4, -0.2) is 22.9 Å². The quantitative estimate of drug-likeness (QED) is 0.589. The highest BCUT2D eigenvalue weighted by Crippen LogP contribution is 2.39. The van der Waals surface area contributed by atoms with Crippen LogP contribution in [-0.2, 0) is 22.3 Å². The highest BCUT2D eigenvalue weighted by Gasteiger charge is 2.36. The van der Waals surface area contributed by atoms with Crippen molar-refractivity contribution in [3.05, 3.63) is 35.4 Å². The number of ether oxygens (including phenoxy) is 1. The first-order valence-corrected chi connectivity index (χ1v) is 9.95. The summed E-state index contributed by atoms with van der Waals surface area (Å²) >= 11 is 0. The summed E-state index contributed by atoms with van der Waals surface area (Å²) in [7, 11) is -3.04. The Kier molecular flexibility index (Phi) is 8.76. The predicted molar refractivity (Wildman–Crippen MR) is 99.9 cm³/mol. The molecule has 0 aliphatic heterocycles. The molecule has 0 heterocycles. The third-order valence-electron chi connectivity index (χ3n) is 4.09. The minimum absolute atomic E-state index is 0.0571. The average molecular weight is 394 g/mol. The molecule has 0 saturated carbocycles.